The van der Waals surface area contributed by atoms with Gasteiger partial charge in [-0.2, -0.15) is 13.2 Å². The first-order valence-electron chi connectivity index (χ1n) is 10.0. The van der Waals surface area contributed by atoms with Gasteiger partial charge in [0.05, 0.1) is 21.8 Å². The SMILES string of the molecule is CO[C@H]1CC[C@H](S(=O)(=O)c2ccc(N3CCN(C(C)C)CC3)cc2C(F)(F)F)C1. The van der Waals surface area contributed by atoms with E-state index < -0.39 is 31.7 Å². The highest BCUT2D eigenvalue weighted by molar-refractivity contribution is 7.92. The Labute approximate surface area is 170 Å². The molecule has 1 aromatic carbocycles. The van der Waals surface area contributed by atoms with Crippen LogP contribution in [0.5, 0.6) is 0 Å². The second-order valence-corrected chi connectivity index (χ2v) is 10.3. The third-order valence-electron chi connectivity index (χ3n) is 6.09. The number of nitrogens with zero attached hydrogens (tertiary/aromatic N) is 2. The van der Waals surface area contributed by atoms with Gasteiger partial charge in [-0.05, 0) is 51.3 Å². The van der Waals surface area contributed by atoms with E-state index in [2.05, 4.69) is 18.7 Å². The number of sulfone groups is 1. The fourth-order valence-corrected chi connectivity index (χ4v) is 6.27. The van der Waals surface area contributed by atoms with E-state index in [1.54, 1.807) is 0 Å². The van der Waals surface area contributed by atoms with Crippen LogP contribution in [0.25, 0.3) is 0 Å². The van der Waals surface area contributed by atoms with Crippen molar-refractivity contribution >= 4 is 15.5 Å². The van der Waals surface area contributed by atoms with Gasteiger partial charge in [-0.15, -0.1) is 0 Å². The van der Waals surface area contributed by atoms with E-state index in [0.717, 1.165) is 25.2 Å². The van der Waals surface area contributed by atoms with Crippen molar-refractivity contribution in [3.05, 3.63) is 23.8 Å². The zero-order valence-electron chi connectivity index (χ0n) is 17.1. The van der Waals surface area contributed by atoms with Crippen LogP contribution in [0, 0.1) is 0 Å². The molecule has 0 amide bonds. The molecule has 0 spiro atoms. The number of methoxy groups -OCH3 is 1. The van der Waals surface area contributed by atoms with Crippen LogP contribution in [0.1, 0.15) is 38.7 Å². The molecule has 0 bridgehead atoms. The highest BCUT2D eigenvalue weighted by Crippen LogP contribution is 2.40. The Morgan fingerprint density at radius 3 is 2.28 bits per heavy atom. The maximum absolute atomic E-state index is 13.8. The number of rotatable bonds is 5. The molecule has 2 atom stereocenters. The number of benzene rings is 1. The summed E-state index contributed by atoms with van der Waals surface area (Å²) in [6, 6.07) is 4.04. The zero-order chi connectivity index (χ0) is 21.4. The number of ether oxygens (including phenoxy) is 1. The first-order valence-corrected chi connectivity index (χ1v) is 11.6. The van der Waals surface area contributed by atoms with Gasteiger partial charge in [0.1, 0.15) is 0 Å². The summed E-state index contributed by atoms with van der Waals surface area (Å²) < 4.78 is 72.6. The van der Waals surface area contributed by atoms with E-state index in [0.29, 0.717) is 37.7 Å². The number of piperazine rings is 1. The molecule has 1 saturated heterocycles. The Morgan fingerprint density at radius 1 is 1.10 bits per heavy atom. The van der Waals surface area contributed by atoms with Crippen LogP contribution in [-0.4, -0.2) is 64.0 Å². The summed E-state index contributed by atoms with van der Waals surface area (Å²) in [5, 5.41) is -0.839. The molecule has 164 valence electrons. The Morgan fingerprint density at radius 2 is 1.76 bits per heavy atom. The molecule has 3 rings (SSSR count). The number of hydrogen-bond acceptors (Lipinski definition) is 5. The van der Waals surface area contributed by atoms with E-state index in [1.807, 2.05) is 4.90 Å². The second kappa shape index (κ2) is 8.43. The number of halogens is 3. The fourth-order valence-electron chi connectivity index (χ4n) is 4.26. The fraction of sp³-hybridized carbons (Fsp3) is 0.700. The van der Waals surface area contributed by atoms with Crippen molar-refractivity contribution in [1.29, 1.82) is 0 Å². The molecular weight excluding hydrogens is 405 g/mol. The molecule has 0 unspecified atom stereocenters. The van der Waals surface area contributed by atoms with Crippen LogP contribution in [0.15, 0.2) is 23.1 Å². The van der Waals surface area contributed by atoms with Gasteiger partial charge in [0, 0.05) is 45.0 Å². The van der Waals surface area contributed by atoms with Gasteiger partial charge in [-0.25, -0.2) is 8.42 Å². The summed E-state index contributed by atoms with van der Waals surface area (Å²) >= 11 is 0. The van der Waals surface area contributed by atoms with Crippen LogP contribution in [0.3, 0.4) is 0 Å². The van der Waals surface area contributed by atoms with Gasteiger partial charge < -0.3 is 9.64 Å². The Kier molecular flexibility index (Phi) is 6.50. The number of anilines is 1. The quantitative estimate of drug-likeness (QED) is 0.709. The van der Waals surface area contributed by atoms with Crippen molar-refractivity contribution in [1.82, 2.24) is 4.90 Å². The molecule has 29 heavy (non-hydrogen) atoms. The predicted octanol–water partition coefficient (Wildman–Crippen LogP) is 3.58. The number of hydrogen-bond donors (Lipinski definition) is 0. The minimum absolute atomic E-state index is 0.222. The van der Waals surface area contributed by atoms with Crippen molar-refractivity contribution < 1.29 is 26.3 Å². The second-order valence-electron chi connectivity index (χ2n) is 8.13. The molecular formula is C20H29F3N2O3S. The molecule has 1 aromatic rings. The standard InChI is InChI=1S/C20H29F3N2O3S/c1-14(2)24-8-10-25(11-9-24)15-4-7-19(18(12-15)20(21,22)23)29(26,27)17-6-5-16(13-17)28-3/h4,7,12,14,16-17H,5-6,8-11,13H2,1-3H3/t16-,17-/m0/s1. The maximum atomic E-state index is 13.8. The van der Waals surface area contributed by atoms with E-state index in [1.165, 1.54) is 13.2 Å². The van der Waals surface area contributed by atoms with Crippen molar-refractivity contribution in [3.8, 4) is 0 Å². The molecule has 2 fully saturated rings. The van der Waals surface area contributed by atoms with Crippen molar-refractivity contribution in [2.24, 2.45) is 0 Å². The van der Waals surface area contributed by atoms with Crippen LogP contribution < -0.4 is 4.90 Å². The lowest BCUT2D eigenvalue weighted by molar-refractivity contribution is -0.139. The Balaban J connectivity index is 1.90. The number of alkyl halides is 3. The van der Waals surface area contributed by atoms with E-state index in [4.69, 9.17) is 4.74 Å². The van der Waals surface area contributed by atoms with Crippen LogP contribution in [0.2, 0.25) is 0 Å². The first-order chi connectivity index (χ1) is 13.5. The summed E-state index contributed by atoms with van der Waals surface area (Å²) in [6.45, 7) is 6.93. The minimum Gasteiger partial charge on any atom is -0.381 e. The molecule has 1 heterocycles. The van der Waals surface area contributed by atoms with Crippen LogP contribution >= 0.6 is 0 Å². The third kappa shape index (κ3) is 4.72. The molecule has 1 saturated carbocycles. The van der Waals surface area contributed by atoms with E-state index >= 15 is 0 Å². The van der Waals surface area contributed by atoms with E-state index in [-0.39, 0.29) is 12.5 Å². The Hall–Kier alpha value is -1.32. The monoisotopic (exact) mass is 434 g/mol. The molecule has 0 aromatic heterocycles. The van der Waals surface area contributed by atoms with Gasteiger partial charge in [0.2, 0.25) is 0 Å². The lowest BCUT2D eigenvalue weighted by Gasteiger charge is -2.38. The molecule has 0 radical (unpaired) electrons. The summed E-state index contributed by atoms with van der Waals surface area (Å²) in [7, 11) is -2.60. The van der Waals surface area contributed by atoms with Gasteiger partial charge >= 0.3 is 6.18 Å². The summed E-state index contributed by atoms with van der Waals surface area (Å²) in [5.41, 5.74) is -0.650. The van der Waals surface area contributed by atoms with Gasteiger partial charge in [-0.1, -0.05) is 0 Å². The minimum atomic E-state index is -4.74. The molecule has 9 heteroatoms. The largest absolute Gasteiger partial charge is 0.417 e. The lowest BCUT2D eigenvalue weighted by atomic mass is 10.1. The highest BCUT2D eigenvalue weighted by Gasteiger charge is 2.42. The maximum Gasteiger partial charge on any atom is 0.417 e. The van der Waals surface area contributed by atoms with E-state index in [9.17, 15) is 21.6 Å². The van der Waals surface area contributed by atoms with Gasteiger partial charge in [0.15, 0.2) is 9.84 Å². The first kappa shape index (κ1) is 22.4. The molecule has 1 aliphatic heterocycles. The summed E-state index contributed by atoms with van der Waals surface area (Å²) in [5.74, 6) is 0. The predicted molar refractivity (Wildman–Crippen MR) is 106 cm³/mol. The zero-order valence-corrected chi connectivity index (χ0v) is 17.9. The molecule has 2 aliphatic rings. The topological polar surface area (TPSA) is 49.9 Å². The van der Waals surface area contributed by atoms with Crippen molar-refractivity contribution in [2.45, 2.75) is 61.6 Å². The normalized spacial score (nSPS) is 24.4. The molecule has 5 nitrogen and oxygen atoms in total. The summed E-state index contributed by atoms with van der Waals surface area (Å²) in [4.78, 5) is 3.55. The summed E-state index contributed by atoms with van der Waals surface area (Å²) in [6.07, 6.45) is -3.87. The van der Waals surface area contributed by atoms with Crippen LogP contribution in [-0.2, 0) is 20.8 Å². The molecule has 0 N–H and O–H groups in total. The van der Waals surface area contributed by atoms with Crippen LogP contribution in [0.4, 0.5) is 18.9 Å². The van der Waals surface area contributed by atoms with Gasteiger partial charge in [0.25, 0.3) is 0 Å². The lowest BCUT2D eigenvalue weighted by Crippen LogP contribution is -2.49. The third-order valence-corrected chi connectivity index (χ3v) is 8.37. The Bertz CT molecular complexity index is 819. The van der Waals surface area contributed by atoms with Crippen molar-refractivity contribution in [3.63, 3.8) is 0 Å². The highest BCUT2D eigenvalue weighted by atomic mass is 32.2. The average Bonchev–Trinajstić information content (AvgIpc) is 3.17. The van der Waals surface area contributed by atoms with Crippen molar-refractivity contribution in [2.75, 3.05) is 38.2 Å². The smallest absolute Gasteiger partial charge is 0.381 e. The average molecular weight is 435 g/mol. The molecule has 1 aliphatic carbocycles. The van der Waals surface area contributed by atoms with Gasteiger partial charge in [-0.3, -0.25) is 4.90 Å².